The van der Waals surface area contributed by atoms with Gasteiger partial charge in [0, 0.05) is 25.3 Å². The van der Waals surface area contributed by atoms with E-state index in [1.54, 1.807) is 31.2 Å². The van der Waals surface area contributed by atoms with Gasteiger partial charge < -0.3 is 24.8 Å². The number of nitrogens with one attached hydrogen (secondary N) is 3. The number of sulfonamides is 1. The Labute approximate surface area is 309 Å². The predicted molar refractivity (Wildman–Crippen MR) is 187 cm³/mol. The number of allylic oxidation sites excluding steroid dienone is 1. The van der Waals surface area contributed by atoms with Crippen LogP contribution in [0.3, 0.4) is 0 Å². The van der Waals surface area contributed by atoms with Crippen molar-refractivity contribution in [2.75, 3.05) is 6.54 Å². The molecule has 4 aliphatic rings. The van der Waals surface area contributed by atoms with Crippen LogP contribution in [0.1, 0.15) is 86.7 Å². The molecule has 2 aliphatic heterocycles. The van der Waals surface area contributed by atoms with Gasteiger partial charge in [-0.2, -0.15) is 8.78 Å². The molecule has 2 aromatic heterocycles. The number of hydrogen-bond donors (Lipinski definition) is 3. The molecule has 2 aliphatic carbocycles. The highest BCUT2D eigenvalue weighted by Crippen LogP contribution is 2.46. The molecule has 54 heavy (non-hydrogen) atoms. The highest BCUT2D eigenvalue weighted by molar-refractivity contribution is 7.91. The molecule has 288 valence electrons. The molecule has 5 atom stereocenters. The zero-order chi connectivity index (χ0) is 38.4. The van der Waals surface area contributed by atoms with Gasteiger partial charge in [0.25, 0.3) is 17.7 Å². The van der Waals surface area contributed by atoms with Crippen molar-refractivity contribution in [1.29, 1.82) is 0 Å². The lowest BCUT2D eigenvalue weighted by Crippen LogP contribution is -2.58. The number of benzene rings is 1. The standard InChI is InChI=1S/C36H41F2N7O8S/c1-20-16-27(43-53-20)30(46)40-26-13-7-5-3-4-6-10-21-18-36(21,34(49)44-54(50,51)23-14-15-23)42-31(47)28-17-22(19-45(28)33(26)48)52-32-29(35(2,37)38)39-24-11-8-9-12-25(24)41-32/h6,8-12,16,21-23,26,28H,3-5,7,13-15,17-19H2,1-2H3,(H,40,46)(H,42,47)(H,44,49)/b10-6-/t21-,22-,26+,28+,36-/m1/s1. The lowest BCUT2D eigenvalue weighted by Gasteiger charge is -2.29. The van der Waals surface area contributed by atoms with E-state index < -0.39 is 86.0 Å². The second-order valence-electron chi connectivity index (χ2n) is 14.6. The SMILES string of the molecule is Cc1cc(C(=O)N[C@H]2CCCCC/C=C\[C@@H]3C[C@@]3(C(=O)NS(=O)(=O)C3CC3)NC(=O)[C@@H]3C[C@@H](Oc4nc5ccccc5nc4C(C)(F)F)CN3C2=O)no1. The Bertz CT molecular complexity index is 2120. The van der Waals surface area contributed by atoms with Gasteiger partial charge in [-0.15, -0.1) is 0 Å². The van der Waals surface area contributed by atoms with E-state index >= 15 is 0 Å². The molecule has 4 amide bonds. The summed E-state index contributed by atoms with van der Waals surface area (Å²) in [6.45, 7) is 2.00. The lowest BCUT2D eigenvalue weighted by atomic mass is 10.0. The molecule has 1 aromatic carbocycles. The molecular weight excluding hydrogens is 728 g/mol. The molecule has 4 heterocycles. The number of ether oxygens (including phenoxy) is 1. The Morgan fingerprint density at radius 1 is 1.09 bits per heavy atom. The van der Waals surface area contributed by atoms with Gasteiger partial charge in [-0.3, -0.25) is 23.9 Å². The average Bonchev–Trinajstić information content (AvgIpc) is 4.01. The molecule has 15 nitrogen and oxygen atoms in total. The fourth-order valence-corrected chi connectivity index (χ4v) is 8.43. The van der Waals surface area contributed by atoms with Crippen molar-refractivity contribution >= 4 is 44.7 Å². The Kier molecular flexibility index (Phi) is 9.91. The Morgan fingerprint density at radius 3 is 2.52 bits per heavy atom. The minimum atomic E-state index is -3.96. The summed E-state index contributed by atoms with van der Waals surface area (Å²) in [5.74, 6) is -7.04. The fraction of sp³-hybridized carbons (Fsp3) is 0.528. The van der Waals surface area contributed by atoms with Crippen molar-refractivity contribution in [2.45, 2.75) is 107 Å². The van der Waals surface area contributed by atoms with E-state index in [0.29, 0.717) is 44.8 Å². The van der Waals surface area contributed by atoms with Crippen LogP contribution in [0, 0.1) is 12.8 Å². The molecular formula is C36H41F2N7O8S. The summed E-state index contributed by atoms with van der Waals surface area (Å²) in [5.41, 5.74) is -1.88. The second kappa shape index (κ2) is 14.3. The lowest BCUT2D eigenvalue weighted by molar-refractivity contribution is -0.141. The van der Waals surface area contributed by atoms with Crippen molar-refractivity contribution in [2.24, 2.45) is 5.92 Å². The number of aromatic nitrogens is 3. The Hall–Kier alpha value is -5.00. The average molecular weight is 770 g/mol. The Morgan fingerprint density at radius 2 is 1.83 bits per heavy atom. The molecule has 7 rings (SSSR count). The van der Waals surface area contributed by atoms with Crippen LogP contribution in [0.5, 0.6) is 5.88 Å². The summed E-state index contributed by atoms with van der Waals surface area (Å²) in [4.78, 5) is 65.3. The second-order valence-corrected chi connectivity index (χ2v) is 16.6. The van der Waals surface area contributed by atoms with Gasteiger partial charge in [-0.25, -0.2) is 18.4 Å². The van der Waals surface area contributed by atoms with Gasteiger partial charge in [0.15, 0.2) is 11.4 Å². The molecule has 0 radical (unpaired) electrons. The molecule has 0 bridgehead atoms. The van der Waals surface area contributed by atoms with E-state index in [4.69, 9.17) is 9.26 Å². The summed E-state index contributed by atoms with van der Waals surface area (Å²) >= 11 is 0. The number of halogens is 2. The van der Waals surface area contributed by atoms with Crippen molar-refractivity contribution in [1.82, 2.24) is 35.4 Å². The van der Waals surface area contributed by atoms with Crippen LogP contribution in [0.2, 0.25) is 0 Å². The number of nitrogens with zero attached hydrogens (tertiary/aromatic N) is 4. The number of carbonyl (C=O) groups excluding carboxylic acids is 4. The summed E-state index contributed by atoms with van der Waals surface area (Å²) in [6, 6.07) is 5.39. The van der Waals surface area contributed by atoms with Gasteiger partial charge in [-0.1, -0.05) is 42.3 Å². The first kappa shape index (κ1) is 37.3. The Balaban J connectivity index is 1.22. The third kappa shape index (κ3) is 7.79. The maximum atomic E-state index is 14.9. The van der Waals surface area contributed by atoms with E-state index in [2.05, 4.69) is 30.5 Å². The van der Waals surface area contributed by atoms with Crippen LogP contribution in [-0.4, -0.2) is 87.6 Å². The van der Waals surface area contributed by atoms with Gasteiger partial charge in [0.1, 0.15) is 29.5 Å². The first-order valence-corrected chi connectivity index (χ1v) is 19.6. The third-order valence-electron chi connectivity index (χ3n) is 10.2. The zero-order valence-electron chi connectivity index (χ0n) is 29.7. The molecule has 0 spiro atoms. The number of alkyl halides is 2. The van der Waals surface area contributed by atoms with Crippen LogP contribution in [0.15, 0.2) is 47.0 Å². The monoisotopic (exact) mass is 769 g/mol. The number of amides is 4. The van der Waals surface area contributed by atoms with Gasteiger partial charge >= 0.3 is 0 Å². The van der Waals surface area contributed by atoms with Crippen molar-refractivity contribution in [3.05, 3.63) is 59.6 Å². The van der Waals surface area contributed by atoms with Gasteiger partial charge in [-0.05, 0) is 57.6 Å². The summed E-state index contributed by atoms with van der Waals surface area (Å²) in [5, 5.41) is 8.55. The summed E-state index contributed by atoms with van der Waals surface area (Å²) in [6.07, 6.45) is 6.17. The van der Waals surface area contributed by atoms with Crippen molar-refractivity contribution in [3.8, 4) is 5.88 Å². The fourth-order valence-electron chi connectivity index (χ4n) is 7.06. The molecule has 2 saturated carbocycles. The first-order chi connectivity index (χ1) is 25.6. The molecule has 3 aromatic rings. The molecule has 3 fully saturated rings. The minimum absolute atomic E-state index is 0.0463. The molecule has 1 saturated heterocycles. The van der Waals surface area contributed by atoms with Crippen LogP contribution >= 0.6 is 0 Å². The smallest absolute Gasteiger partial charge is 0.292 e. The normalized spacial score (nSPS) is 27.1. The predicted octanol–water partition coefficient (Wildman–Crippen LogP) is 3.19. The topological polar surface area (TPSA) is 203 Å². The highest BCUT2D eigenvalue weighted by Gasteiger charge is 2.62. The van der Waals surface area contributed by atoms with Crippen LogP contribution < -0.4 is 20.1 Å². The number of para-hydroxylation sites is 2. The highest BCUT2D eigenvalue weighted by atomic mass is 32.2. The number of fused-ring (bicyclic) bond motifs is 3. The van der Waals surface area contributed by atoms with Crippen LogP contribution in [0.4, 0.5) is 8.78 Å². The number of carbonyl (C=O) groups is 4. The third-order valence-corrected chi connectivity index (χ3v) is 12.1. The number of rotatable bonds is 8. The summed E-state index contributed by atoms with van der Waals surface area (Å²) in [7, 11) is -3.96. The largest absolute Gasteiger partial charge is 0.471 e. The van der Waals surface area contributed by atoms with E-state index in [1.807, 2.05) is 6.08 Å². The van der Waals surface area contributed by atoms with Crippen LogP contribution in [0.25, 0.3) is 11.0 Å². The van der Waals surface area contributed by atoms with Crippen LogP contribution in [-0.2, 0) is 30.3 Å². The molecule has 18 heteroatoms. The quantitative estimate of drug-likeness (QED) is 0.284. The van der Waals surface area contributed by atoms with E-state index in [9.17, 15) is 36.4 Å². The number of hydrogen-bond acceptors (Lipinski definition) is 11. The van der Waals surface area contributed by atoms with Gasteiger partial charge in [0.05, 0.1) is 22.8 Å². The van der Waals surface area contributed by atoms with E-state index in [-0.39, 0.29) is 42.5 Å². The first-order valence-electron chi connectivity index (χ1n) is 18.1. The number of aryl methyl sites for hydroxylation is 1. The summed E-state index contributed by atoms with van der Waals surface area (Å²) < 4.78 is 68.7. The van der Waals surface area contributed by atoms with Gasteiger partial charge in [0.2, 0.25) is 27.7 Å². The molecule has 3 N–H and O–H groups in total. The van der Waals surface area contributed by atoms with Crippen molar-refractivity contribution < 1.29 is 45.6 Å². The zero-order valence-corrected chi connectivity index (χ0v) is 30.5. The molecule has 0 unspecified atom stereocenters. The van der Waals surface area contributed by atoms with Crippen molar-refractivity contribution in [3.63, 3.8) is 0 Å². The van der Waals surface area contributed by atoms with E-state index in [1.165, 1.54) is 17.0 Å². The van der Waals surface area contributed by atoms with E-state index in [0.717, 1.165) is 6.42 Å². The maximum Gasteiger partial charge on any atom is 0.292 e. The minimum Gasteiger partial charge on any atom is -0.471 e. The maximum absolute atomic E-state index is 14.9.